The molecule has 20 heavy (non-hydrogen) atoms. The number of hydrogen-bond acceptors (Lipinski definition) is 3. The van der Waals surface area contributed by atoms with Crippen LogP contribution in [0, 0.1) is 12.8 Å². The first-order valence-electron chi connectivity index (χ1n) is 7.80. The van der Waals surface area contributed by atoms with E-state index in [-0.39, 0.29) is 0 Å². The topological polar surface area (TPSA) is 33.2 Å². The van der Waals surface area contributed by atoms with Gasteiger partial charge >= 0.3 is 0 Å². The third kappa shape index (κ3) is 3.59. The number of anilines is 1. The highest BCUT2D eigenvalue weighted by atomic mass is 16.1. The molecular formula is C17H26N2O. The van der Waals surface area contributed by atoms with Crippen molar-refractivity contribution in [3.63, 3.8) is 0 Å². The molecule has 0 aliphatic heterocycles. The Balaban J connectivity index is 2.22. The van der Waals surface area contributed by atoms with E-state index in [1.807, 2.05) is 6.07 Å². The average molecular weight is 274 g/mol. The summed E-state index contributed by atoms with van der Waals surface area (Å²) in [6.07, 6.45) is 8.96. The smallest absolute Gasteiger partial charge is 0.151 e. The molecule has 1 aromatic heterocycles. The molecule has 0 atom stereocenters. The van der Waals surface area contributed by atoms with E-state index in [1.54, 1.807) is 6.20 Å². The molecule has 0 spiro atoms. The first-order valence-corrected chi connectivity index (χ1v) is 7.80. The minimum absolute atomic E-state index is 0.627. The fourth-order valence-electron chi connectivity index (χ4n) is 3.03. The summed E-state index contributed by atoms with van der Waals surface area (Å²) in [5, 5.41) is 0. The lowest BCUT2D eigenvalue weighted by Gasteiger charge is -2.32. The van der Waals surface area contributed by atoms with Crippen molar-refractivity contribution in [2.75, 3.05) is 11.4 Å². The minimum Gasteiger partial charge on any atom is -0.353 e. The zero-order valence-electron chi connectivity index (χ0n) is 12.9. The van der Waals surface area contributed by atoms with Crippen molar-refractivity contribution in [3.8, 4) is 0 Å². The predicted octanol–water partition coefficient (Wildman–Crippen LogP) is 4.00. The van der Waals surface area contributed by atoms with Gasteiger partial charge in [-0.2, -0.15) is 0 Å². The van der Waals surface area contributed by atoms with Gasteiger partial charge < -0.3 is 4.90 Å². The van der Waals surface area contributed by atoms with Gasteiger partial charge in [0.25, 0.3) is 0 Å². The van der Waals surface area contributed by atoms with Gasteiger partial charge in [0, 0.05) is 24.3 Å². The molecule has 0 unspecified atom stereocenters. The van der Waals surface area contributed by atoms with Crippen LogP contribution in [-0.4, -0.2) is 23.9 Å². The lowest BCUT2D eigenvalue weighted by atomic mass is 10.1. The summed E-state index contributed by atoms with van der Waals surface area (Å²) in [5.74, 6) is 1.77. The maximum absolute atomic E-state index is 10.9. The second-order valence-electron chi connectivity index (χ2n) is 6.34. The molecule has 1 aromatic rings. The third-order valence-corrected chi connectivity index (χ3v) is 4.19. The van der Waals surface area contributed by atoms with Crippen LogP contribution < -0.4 is 4.90 Å². The summed E-state index contributed by atoms with van der Waals surface area (Å²) in [6.45, 7) is 7.66. The summed E-state index contributed by atoms with van der Waals surface area (Å²) < 4.78 is 0. The molecule has 0 bridgehead atoms. The molecule has 1 saturated carbocycles. The number of aromatic nitrogens is 1. The van der Waals surface area contributed by atoms with E-state index in [4.69, 9.17) is 0 Å². The molecule has 0 aromatic carbocycles. The Morgan fingerprint density at radius 3 is 2.65 bits per heavy atom. The van der Waals surface area contributed by atoms with Crippen LogP contribution in [0.3, 0.4) is 0 Å². The molecule has 0 saturated heterocycles. The summed E-state index contributed by atoms with van der Waals surface area (Å²) in [7, 11) is 0. The molecule has 1 aliphatic rings. The van der Waals surface area contributed by atoms with Crippen LogP contribution in [0.15, 0.2) is 12.3 Å². The van der Waals surface area contributed by atoms with Crippen molar-refractivity contribution in [1.82, 2.24) is 4.98 Å². The fourth-order valence-corrected chi connectivity index (χ4v) is 3.03. The van der Waals surface area contributed by atoms with Crippen molar-refractivity contribution < 1.29 is 4.79 Å². The molecule has 2 rings (SSSR count). The zero-order valence-corrected chi connectivity index (χ0v) is 12.9. The Bertz CT molecular complexity index is 450. The normalized spacial score (nSPS) is 15.8. The summed E-state index contributed by atoms with van der Waals surface area (Å²) in [4.78, 5) is 17.9. The SMILES string of the molecule is Cc1cc(C=O)cnc1N(CCC(C)C)C1CCCC1. The molecule has 1 heterocycles. The van der Waals surface area contributed by atoms with Gasteiger partial charge in [-0.1, -0.05) is 26.7 Å². The number of carbonyl (C=O) groups excluding carboxylic acids is 1. The Hall–Kier alpha value is -1.38. The van der Waals surface area contributed by atoms with E-state index < -0.39 is 0 Å². The highest BCUT2D eigenvalue weighted by molar-refractivity contribution is 5.75. The van der Waals surface area contributed by atoms with Crippen molar-refractivity contribution in [2.45, 2.75) is 58.9 Å². The Kier molecular flexibility index (Phi) is 5.16. The van der Waals surface area contributed by atoms with E-state index in [9.17, 15) is 4.79 Å². The van der Waals surface area contributed by atoms with Crippen molar-refractivity contribution in [3.05, 3.63) is 23.4 Å². The van der Waals surface area contributed by atoms with E-state index in [1.165, 1.54) is 32.1 Å². The number of nitrogens with zero attached hydrogens (tertiary/aromatic N) is 2. The first kappa shape index (κ1) is 15.0. The summed E-state index contributed by atoms with van der Waals surface area (Å²) in [6, 6.07) is 2.58. The van der Waals surface area contributed by atoms with E-state index in [0.29, 0.717) is 17.5 Å². The molecule has 0 N–H and O–H groups in total. The quantitative estimate of drug-likeness (QED) is 0.735. The molecule has 0 amide bonds. The average Bonchev–Trinajstić information content (AvgIpc) is 2.94. The monoisotopic (exact) mass is 274 g/mol. The third-order valence-electron chi connectivity index (χ3n) is 4.19. The number of hydrogen-bond donors (Lipinski definition) is 0. The molecule has 3 nitrogen and oxygen atoms in total. The van der Waals surface area contributed by atoms with Gasteiger partial charge in [0.05, 0.1) is 0 Å². The van der Waals surface area contributed by atoms with Crippen molar-refractivity contribution in [1.29, 1.82) is 0 Å². The molecule has 0 radical (unpaired) electrons. The second-order valence-corrected chi connectivity index (χ2v) is 6.34. The van der Waals surface area contributed by atoms with Crippen LogP contribution in [-0.2, 0) is 0 Å². The van der Waals surface area contributed by atoms with Gasteiger partial charge in [-0.3, -0.25) is 4.79 Å². The van der Waals surface area contributed by atoms with E-state index in [2.05, 4.69) is 30.7 Å². The van der Waals surface area contributed by atoms with E-state index in [0.717, 1.165) is 24.2 Å². The Morgan fingerprint density at radius 1 is 1.40 bits per heavy atom. The second kappa shape index (κ2) is 6.87. The number of pyridine rings is 1. The van der Waals surface area contributed by atoms with Crippen LogP contribution in [0.2, 0.25) is 0 Å². The van der Waals surface area contributed by atoms with Gasteiger partial charge in [0.15, 0.2) is 6.29 Å². The van der Waals surface area contributed by atoms with Crippen LogP contribution in [0.1, 0.15) is 61.9 Å². The molecule has 3 heteroatoms. The van der Waals surface area contributed by atoms with Crippen molar-refractivity contribution >= 4 is 12.1 Å². The molecule has 110 valence electrons. The van der Waals surface area contributed by atoms with Gasteiger partial charge in [-0.15, -0.1) is 0 Å². The van der Waals surface area contributed by atoms with Gasteiger partial charge in [0.2, 0.25) is 0 Å². The largest absolute Gasteiger partial charge is 0.353 e. The zero-order chi connectivity index (χ0) is 14.5. The van der Waals surface area contributed by atoms with Crippen LogP contribution in [0.4, 0.5) is 5.82 Å². The predicted molar refractivity (Wildman–Crippen MR) is 83.4 cm³/mol. The fraction of sp³-hybridized carbons (Fsp3) is 0.647. The highest BCUT2D eigenvalue weighted by Gasteiger charge is 2.24. The maximum Gasteiger partial charge on any atom is 0.151 e. The number of rotatable bonds is 6. The number of carbonyl (C=O) groups is 1. The van der Waals surface area contributed by atoms with Gasteiger partial charge in [0.1, 0.15) is 5.82 Å². The highest BCUT2D eigenvalue weighted by Crippen LogP contribution is 2.29. The number of aryl methyl sites for hydroxylation is 1. The van der Waals surface area contributed by atoms with Gasteiger partial charge in [-0.05, 0) is 43.7 Å². The van der Waals surface area contributed by atoms with E-state index >= 15 is 0 Å². The molecular weight excluding hydrogens is 248 g/mol. The molecule has 1 fully saturated rings. The Morgan fingerprint density at radius 2 is 2.10 bits per heavy atom. The standard InChI is InChI=1S/C17H26N2O/c1-13(2)8-9-19(16-6-4-5-7-16)17-14(3)10-15(12-20)11-18-17/h10-13,16H,4-9H2,1-3H3. The summed E-state index contributed by atoms with van der Waals surface area (Å²) >= 11 is 0. The van der Waals surface area contributed by atoms with Crippen LogP contribution in [0.5, 0.6) is 0 Å². The lowest BCUT2D eigenvalue weighted by Crippen LogP contribution is -2.36. The Labute approximate surface area is 122 Å². The molecule has 1 aliphatic carbocycles. The minimum atomic E-state index is 0.627. The number of aldehydes is 1. The van der Waals surface area contributed by atoms with Gasteiger partial charge in [-0.25, -0.2) is 4.98 Å². The van der Waals surface area contributed by atoms with Crippen LogP contribution >= 0.6 is 0 Å². The lowest BCUT2D eigenvalue weighted by molar-refractivity contribution is 0.112. The van der Waals surface area contributed by atoms with Crippen LogP contribution in [0.25, 0.3) is 0 Å². The maximum atomic E-state index is 10.9. The summed E-state index contributed by atoms with van der Waals surface area (Å²) in [5.41, 5.74) is 1.78. The van der Waals surface area contributed by atoms with Crippen molar-refractivity contribution in [2.24, 2.45) is 5.92 Å². The first-order chi connectivity index (χ1) is 9.61.